The number of aromatic hydroxyl groups is 1. The minimum atomic E-state index is 0.229. The van der Waals surface area contributed by atoms with Gasteiger partial charge in [-0.3, -0.25) is 4.90 Å². The van der Waals surface area contributed by atoms with Crippen LogP contribution in [0.3, 0.4) is 0 Å². The van der Waals surface area contributed by atoms with Crippen LogP contribution in [0, 0.1) is 0 Å². The molecular formula is C11H14INO2. The summed E-state index contributed by atoms with van der Waals surface area (Å²) < 4.78 is 5.54. The molecule has 3 nitrogen and oxygen atoms in total. The number of phenols is 1. The fraction of sp³-hybridized carbons (Fsp3) is 0.455. The highest BCUT2D eigenvalue weighted by Gasteiger charge is 2.21. The molecule has 1 heterocycles. The molecule has 0 aliphatic carbocycles. The second-order valence-electron chi connectivity index (χ2n) is 3.54. The van der Waals surface area contributed by atoms with Crippen LogP contribution in [0.5, 0.6) is 5.75 Å². The normalized spacial score (nSPS) is 20.1. The van der Waals surface area contributed by atoms with E-state index < -0.39 is 0 Å². The first-order valence-corrected chi connectivity index (χ1v) is 6.27. The number of halogens is 1. The van der Waals surface area contributed by atoms with Crippen LogP contribution in [0.4, 0.5) is 0 Å². The van der Waals surface area contributed by atoms with Crippen molar-refractivity contribution in [3.8, 4) is 5.75 Å². The van der Waals surface area contributed by atoms with Gasteiger partial charge in [0.05, 0.1) is 17.3 Å². The predicted octanol–water partition coefficient (Wildman–Crippen LogP) is 2.16. The van der Waals surface area contributed by atoms with Gasteiger partial charge in [0.25, 0.3) is 0 Å². The zero-order valence-corrected chi connectivity index (χ0v) is 10.6. The summed E-state index contributed by atoms with van der Waals surface area (Å²) in [6.07, 6.45) is 0. The molecule has 1 N–H and O–H groups in total. The molecule has 0 spiro atoms. The van der Waals surface area contributed by atoms with Gasteiger partial charge in [-0.2, -0.15) is 0 Å². The average Bonchev–Trinajstić information content (AvgIpc) is 2.30. The van der Waals surface area contributed by atoms with E-state index in [2.05, 4.69) is 27.5 Å². The van der Waals surface area contributed by atoms with Crippen LogP contribution in [-0.4, -0.2) is 36.3 Å². The van der Waals surface area contributed by atoms with Gasteiger partial charge < -0.3 is 9.84 Å². The summed E-state index contributed by atoms with van der Waals surface area (Å²) in [7, 11) is 0. The molecule has 2 rings (SSSR count). The number of rotatable bonds is 2. The van der Waals surface area contributed by atoms with Crippen molar-refractivity contribution in [2.45, 2.75) is 4.05 Å². The Hall–Kier alpha value is -0.330. The lowest BCUT2D eigenvalue weighted by Crippen LogP contribution is -2.37. The predicted molar refractivity (Wildman–Crippen MR) is 67.3 cm³/mol. The Balaban J connectivity index is 2.12. The van der Waals surface area contributed by atoms with Crippen LogP contribution in [0.1, 0.15) is 9.61 Å². The maximum atomic E-state index is 9.75. The molecular weight excluding hydrogens is 305 g/mol. The first-order valence-electron chi connectivity index (χ1n) is 5.03. The second kappa shape index (κ2) is 5.14. The molecule has 0 amide bonds. The third-order valence-corrected chi connectivity index (χ3v) is 4.02. The van der Waals surface area contributed by atoms with Gasteiger partial charge in [0.2, 0.25) is 0 Å². The lowest BCUT2D eigenvalue weighted by atomic mass is 10.2. The van der Waals surface area contributed by atoms with Crippen molar-refractivity contribution in [3.63, 3.8) is 0 Å². The van der Waals surface area contributed by atoms with E-state index in [1.807, 2.05) is 18.2 Å². The standard InChI is InChI=1S/C11H14INO2/c12-11(13-5-7-15-8-6-13)9-3-1-2-4-10(9)14/h1-4,11,14H,5-8H2. The number of para-hydroxylation sites is 1. The zero-order valence-electron chi connectivity index (χ0n) is 8.40. The number of alkyl halides is 1. The Bertz CT molecular complexity index is 326. The molecule has 1 aromatic rings. The van der Waals surface area contributed by atoms with Gasteiger partial charge >= 0.3 is 0 Å². The van der Waals surface area contributed by atoms with Crippen molar-refractivity contribution in [3.05, 3.63) is 29.8 Å². The summed E-state index contributed by atoms with van der Waals surface area (Å²) in [5.41, 5.74) is 0.986. The van der Waals surface area contributed by atoms with Crippen LogP contribution in [0.2, 0.25) is 0 Å². The van der Waals surface area contributed by atoms with E-state index in [0.717, 1.165) is 31.9 Å². The van der Waals surface area contributed by atoms with Crippen LogP contribution in [0.25, 0.3) is 0 Å². The quantitative estimate of drug-likeness (QED) is 0.515. The molecule has 0 bridgehead atoms. The van der Waals surface area contributed by atoms with Gasteiger partial charge in [-0.1, -0.05) is 40.8 Å². The molecule has 0 saturated carbocycles. The number of hydrogen-bond donors (Lipinski definition) is 1. The fourth-order valence-corrected chi connectivity index (χ4v) is 2.77. The van der Waals surface area contributed by atoms with Crippen LogP contribution < -0.4 is 0 Å². The van der Waals surface area contributed by atoms with Crippen molar-refractivity contribution in [1.29, 1.82) is 0 Å². The number of nitrogens with zero attached hydrogens (tertiary/aromatic N) is 1. The highest BCUT2D eigenvalue weighted by atomic mass is 127. The lowest BCUT2D eigenvalue weighted by molar-refractivity contribution is 0.0347. The van der Waals surface area contributed by atoms with Gasteiger partial charge in [0.15, 0.2) is 0 Å². The van der Waals surface area contributed by atoms with Crippen LogP contribution in [-0.2, 0) is 4.74 Å². The average molecular weight is 319 g/mol. The number of ether oxygens (including phenoxy) is 1. The number of phenolic OH excluding ortho intramolecular Hbond substituents is 1. The molecule has 1 saturated heterocycles. The van der Waals surface area contributed by atoms with E-state index in [1.54, 1.807) is 6.07 Å². The molecule has 15 heavy (non-hydrogen) atoms. The first kappa shape index (κ1) is 11.2. The monoisotopic (exact) mass is 319 g/mol. The Morgan fingerprint density at radius 3 is 2.60 bits per heavy atom. The van der Waals surface area contributed by atoms with Crippen molar-refractivity contribution in [2.24, 2.45) is 0 Å². The Morgan fingerprint density at radius 1 is 1.27 bits per heavy atom. The number of benzene rings is 1. The van der Waals surface area contributed by atoms with Crippen molar-refractivity contribution >= 4 is 22.6 Å². The molecule has 0 aromatic heterocycles. The molecule has 1 aliphatic rings. The van der Waals surface area contributed by atoms with Gasteiger partial charge in [-0.25, -0.2) is 0 Å². The first-order chi connectivity index (χ1) is 7.29. The van der Waals surface area contributed by atoms with Gasteiger partial charge in [-0.15, -0.1) is 0 Å². The highest BCUT2D eigenvalue weighted by Crippen LogP contribution is 2.33. The molecule has 0 radical (unpaired) electrons. The van der Waals surface area contributed by atoms with Gasteiger partial charge in [0, 0.05) is 18.7 Å². The van der Waals surface area contributed by atoms with E-state index >= 15 is 0 Å². The molecule has 1 aromatic carbocycles. The van der Waals surface area contributed by atoms with Crippen LogP contribution >= 0.6 is 22.6 Å². The molecule has 1 atom stereocenters. The van der Waals surface area contributed by atoms with E-state index in [1.165, 1.54) is 0 Å². The van der Waals surface area contributed by atoms with E-state index in [9.17, 15) is 5.11 Å². The molecule has 1 unspecified atom stereocenters. The molecule has 82 valence electrons. The van der Waals surface area contributed by atoms with Crippen molar-refractivity contribution < 1.29 is 9.84 Å². The van der Waals surface area contributed by atoms with E-state index in [-0.39, 0.29) is 4.05 Å². The van der Waals surface area contributed by atoms with Crippen molar-refractivity contribution in [1.82, 2.24) is 4.90 Å². The maximum Gasteiger partial charge on any atom is 0.121 e. The summed E-state index contributed by atoms with van der Waals surface area (Å²) in [4.78, 5) is 2.32. The SMILES string of the molecule is Oc1ccccc1C(I)N1CCOCC1. The zero-order chi connectivity index (χ0) is 10.7. The van der Waals surface area contributed by atoms with Gasteiger partial charge in [-0.05, 0) is 6.07 Å². The summed E-state index contributed by atoms with van der Waals surface area (Å²) in [5.74, 6) is 0.378. The second-order valence-corrected chi connectivity index (χ2v) is 4.72. The number of morpholine rings is 1. The minimum Gasteiger partial charge on any atom is -0.508 e. The maximum absolute atomic E-state index is 9.75. The lowest BCUT2D eigenvalue weighted by Gasteiger charge is -2.31. The number of hydrogen-bond acceptors (Lipinski definition) is 3. The molecule has 1 fully saturated rings. The van der Waals surface area contributed by atoms with E-state index in [4.69, 9.17) is 4.74 Å². The molecule has 1 aliphatic heterocycles. The smallest absolute Gasteiger partial charge is 0.121 e. The third-order valence-electron chi connectivity index (χ3n) is 2.56. The largest absolute Gasteiger partial charge is 0.508 e. The summed E-state index contributed by atoms with van der Waals surface area (Å²) in [6, 6.07) is 7.52. The summed E-state index contributed by atoms with van der Waals surface area (Å²) >= 11 is 2.36. The van der Waals surface area contributed by atoms with Gasteiger partial charge in [0.1, 0.15) is 5.75 Å². The Kier molecular flexibility index (Phi) is 3.82. The summed E-state index contributed by atoms with van der Waals surface area (Å²) in [6.45, 7) is 3.43. The Morgan fingerprint density at radius 2 is 1.93 bits per heavy atom. The van der Waals surface area contributed by atoms with Crippen LogP contribution in [0.15, 0.2) is 24.3 Å². The molecule has 4 heteroatoms. The highest BCUT2D eigenvalue weighted by molar-refractivity contribution is 14.1. The van der Waals surface area contributed by atoms with E-state index in [0.29, 0.717) is 5.75 Å². The minimum absolute atomic E-state index is 0.229. The Labute approximate surface area is 103 Å². The van der Waals surface area contributed by atoms with Crippen molar-refractivity contribution in [2.75, 3.05) is 26.3 Å². The topological polar surface area (TPSA) is 32.7 Å². The third kappa shape index (κ3) is 2.62. The fourth-order valence-electron chi connectivity index (χ4n) is 1.69. The summed E-state index contributed by atoms with van der Waals surface area (Å²) in [5, 5.41) is 9.75.